The lowest BCUT2D eigenvalue weighted by Gasteiger charge is -2.53. The molecule has 0 saturated heterocycles. The second kappa shape index (κ2) is 4.47. The van der Waals surface area contributed by atoms with E-state index in [1.165, 1.54) is 12.8 Å². The average molecular weight is 212 g/mol. The van der Waals surface area contributed by atoms with Crippen LogP contribution in [0.3, 0.4) is 0 Å². The fourth-order valence-corrected chi connectivity index (χ4v) is 2.38. The van der Waals surface area contributed by atoms with Crippen molar-refractivity contribution in [2.75, 3.05) is 0 Å². The zero-order chi connectivity index (χ0) is 12.5. The van der Waals surface area contributed by atoms with Gasteiger partial charge in [-0.3, -0.25) is 0 Å². The van der Waals surface area contributed by atoms with Gasteiger partial charge in [0.1, 0.15) is 0 Å². The van der Waals surface area contributed by atoms with Gasteiger partial charge in [-0.25, -0.2) is 0 Å². The normalized spacial score (nSPS) is 16.6. The van der Waals surface area contributed by atoms with Crippen LogP contribution in [0.1, 0.15) is 75.2 Å². The van der Waals surface area contributed by atoms with Gasteiger partial charge >= 0.3 is 0 Å². The smallest absolute Gasteiger partial charge is 0.0252 e. The molecule has 0 aliphatic heterocycles. The summed E-state index contributed by atoms with van der Waals surface area (Å²) < 4.78 is 0. The lowest BCUT2D eigenvalue weighted by molar-refractivity contribution is -0.0461. The third-order valence-electron chi connectivity index (χ3n) is 5.44. The molecule has 0 fully saturated rings. The van der Waals surface area contributed by atoms with E-state index in [0.29, 0.717) is 16.2 Å². The fourth-order valence-electron chi connectivity index (χ4n) is 2.38. The third kappa shape index (κ3) is 2.77. The van der Waals surface area contributed by atoms with Crippen LogP contribution < -0.4 is 0 Å². The molecule has 0 heteroatoms. The molecule has 0 aliphatic carbocycles. The molecule has 0 amide bonds. The highest BCUT2D eigenvalue weighted by Gasteiger charge is 2.47. The van der Waals surface area contributed by atoms with Crippen LogP contribution in [0, 0.1) is 22.2 Å². The van der Waals surface area contributed by atoms with E-state index in [1.807, 2.05) is 0 Å². The number of hydrogen-bond acceptors (Lipinski definition) is 0. The average Bonchev–Trinajstić information content (AvgIpc) is 2.02. The zero-order valence-corrected chi connectivity index (χ0v) is 12.5. The van der Waals surface area contributed by atoms with Gasteiger partial charge in [0.2, 0.25) is 0 Å². The van der Waals surface area contributed by atoms with E-state index < -0.39 is 0 Å². The van der Waals surface area contributed by atoms with Crippen molar-refractivity contribution >= 4 is 0 Å². The Morgan fingerprint density at radius 2 is 1.27 bits per heavy atom. The van der Waals surface area contributed by atoms with Crippen molar-refractivity contribution in [3.63, 3.8) is 0 Å². The first-order chi connectivity index (χ1) is 6.48. The molecule has 0 aromatic heterocycles. The van der Waals surface area contributed by atoms with Crippen LogP contribution in [0.2, 0.25) is 0 Å². The van der Waals surface area contributed by atoms with Gasteiger partial charge in [-0.05, 0) is 22.2 Å². The van der Waals surface area contributed by atoms with Crippen LogP contribution in [-0.4, -0.2) is 0 Å². The Labute approximate surface area is 97.8 Å². The van der Waals surface area contributed by atoms with Crippen molar-refractivity contribution in [3.05, 3.63) is 0 Å². The van der Waals surface area contributed by atoms with Gasteiger partial charge in [-0.2, -0.15) is 0 Å². The van der Waals surface area contributed by atoms with Gasteiger partial charge in [-0.1, -0.05) is 75.2 Å². The summed E-state index contributed by atoms with van der Waals surface area (Å²) in [6.07, 6.45) is 2.64. The SMILES string of the molecule is CCCC(C)C(C)(C)C(C)(C)C(C)(C)C. The Morgan fingerprint density at radius 3 is 1.53 bits per heavy atom. The highest BCUT2D eigenvalue weighted by molar-refractivity contribution is 4.96. The Hall–Kier alpha value is 0. The molecule has 0 nitrogen and oxygen atoms in total. The van der Waals surface area contributed by atoms with Crippen LogP contribution in [0.25, 0.3) is 0 Å². The van der Waals surface area contributed by atoms with Gasteiger partial charge in [0.25, 0.3) is 0 Å². The summed E-state index contributed by atoms with van der Waals surface area (Å²) in [6, 6.07) is 0. The molecule has 1 unspecified atom stereocenters. The first-order valence-electron chi connectivity index (χ1n) is 6.48. The number of hydrogen-bond donors (Lipinski definition) is 0. The van der Waals surface area contributed by atoms with E-state index in [4.69, 9.17) is 0 Å². The van der Waals surface area contributed by atoms with E-state index in [1.54, 1.807) is 0 Å². The van der Waals surface area contributed by atoms with E-state index in [0.717, 1.165) is 5.92 Å². The molecule has 92 valence electrons. The second-order valence-corrected chi connectivity index (χ2v) is 7.29. The van der Waals surface area contributed by atoms with Gasteiger partial charge in [0, 0.05) is 0 Å². The zero-order valence-electron chi connectivity index (χ0n) is 12.5. The molecule has 0 N–H and O–H groups in total. The number of rotatable bonds is 4. The predicted octanol–water partition coefficient (Wildman–Crippen LogP) is 5.52. The van der Waals surface area contributed by atoms with Crippen molar-refractivity contribution in [1.82, 2.24) is 0 Å². The van der Waals surface area contributed by atoms with Gasteiger partial charge < -0.3 is 0 Å². The summed E-state index contributed by atoms with van der Waals surface area (Å²) >= 11 is 0. The predicted molar refractivity (Wildman–Crippen MR) is 71.1 cm³/mol. The first-order valence-corrected chi connectivity index (χ1v) is 6.48. The van der Waals surface area contributed by atoms with Crippen molar-refractivity contribution in [2.45, 2.75) is 75.2 Å². The van der Waals surface area contributed by atoms with E-state index >= 15 is 0 Å². The van der Waals surface area contributed by atoms with E-state index in [9.17, 15) is 0 Å². The molecule has 0 spiro atoms. The summed E-state index contributed by atoms with van der Waals surface area (Å²) in [5.41, 5.74) is 1.11. The van der Waals surface area contributed by atoms with Crippen LogP contribution >= 0.6 is 0 Å². The standard InChI is InChI=1S/C15H32/c1-10-11-12(2)14(6,7)15(8,9)13(3,4)5/h12H,10-11H2,1-9H3. The molecular weight excluding hydrogens is 180 g/mol. The fraction of sp³-hybridized carbons (Fsp3) is 1.00. The molecule has 0 radical (unpaired) electrons. The Kier molecular flexibility index (Phi) is 4.47. The lowest BCUT2D eigenvalue weighted by atomic mass is 9.51. The van der Waals surface area contributed by atoms with Crippen LogP contribution in [0.15, 0.2) is 0 Å². The minimum absolute atomic E-state index is 0.356. The molecule has 0 saturated carbocycles. The first kappa shape index (κ1) is 15.0. The molecule has 15 heavy (non-hydrogen) atoms. The molecule has 0 heterocycles. The third-order valence-corrected chi connectivity index (χ3v) is 5.44. The van der Waals surface area contributed by atoms with E-state index in [-0.39, 0.29) is 0 Å². The molecule has 0 aliphatic rings. The Morgan fingerprint density at radius 1 is 0.867 bits per heavy atom. The maximum Gasteiger partial charge on any atom is -0.0252 e. The van der Waals surface area contributed by atoms with E-state index in [2.05, 4.69) is 62.3 Å². The molecule has 1 atom stereocenters. The Bertz CT molecular complexity index is 191. The van der Waals surface area contributed by atoms with Crippen molar-refractivity contribution in [3.8, 4) is 0 Å². The lowest BCUT2D eigenvalue weighted by Crippen LogP contribution is -2.46. The van der Waals surface area contributed by atoms with Crippen molar-refractivity contribution in [2.24, 2.45) is 22.2 Å². The van der Waals surface area contributed by atoms with Gasteiger partial charge in [-0.15, -0.1) is 0 Å². The summed E-state index contributed by atoms with van der Waals surface area (Å²) in [6.45, 7) is 21.6. The van der Waals surface area contributed by atoms with Gasteiger partial charge in [0.15, 0.2) is 0 Å². The molecule has 0 bridgehead atoms. The quantitative estimate of drug-likeness (QED) is 0.575. The van der Waals surface area contributed by atoms with Gasteiger partial charge in [0.05, 0.1) is 0 Å². The molecule has 0 aromatic carbocycles. The van der Waals surface area contributed by atoms with Crippen LogP contribution in [0.4, 0.5) is 0 Å². The molecule has 0 aromatic rings. The summed E-state index contributed by atoms with van der Waals surface area (Å²) in [7, 11) is 0. The topological polar surface area (TPSA) is 0 Å². The van der Waals surface area contributed by atoms with Crippen LogP contribution in [0.5, 0.6) is 0 Å². The highest BCUT2D eigenvalue weighted by Crippen LogP contribution is 2.55. The highest BCUT2D eigenvalue weighted by atomic mass is 14.5. The maximum atomic E-state index is 2.44. The minimum Gasteiger partial charge on any atom is -0.0654 e. The second-order valence-electron chi connectivity index (χ2n) is 7.29. The largest absolute Gasteiger partial charge is 0.0654 e. The monoisotopic (exact) mass is 212 g/mol. The summed E-state index contributed by atoms with van der Waals surface area (Å²) in [4.78, 5) is 0. The van der Waals surface area contributed by atoms with Crippen molar-refractivity contribution < 1.29 is 0 Å². The maximum absolute atomic E-state index is 2.44. The molecule has 0 rings (SSSR count). The summed E-state index contributed by atoms with van der Waals surface area (Å²) in [5.74, 6) is 0.789. The summed E-state index contributed by atoms with van der Waals surface area (Å²) in [5, 5.41) is 0. The Balaban J connectivity index is 5.00. The molecular formula is C15H32. The van der Waals surface area contributed by atoms with Crippen molar-refractivity contribution in [1.29, 1.82) is 0 Å². The minimum atomic E-state index is 0.356. The van der Waals surface area contributed by atoms with Crippen LogP contribution in [-0.2, 0) is 0 Å².